The van der Waals surface area contributed by atoms with Gasteiger partial charge in [-0.3, -0.25) is 9.59 Å². The molecule has 6 nitrogen and oxygen atoms in total. The Morgan fingerprint density at radius 3 is 2.68 bits per heavy atom. The molecule has 0 spiro atoms. The highest BCUT2D eigenvalue weighted by Crippen LogP contribution is 2.58. The largest absolute Gasteiger partial charge is 0.466 e. The van der Waals surface area contributed by atoms with Gasteiger partial charge in [-0.15, -0.1) is 0 Å². The minimum atomic E-state index is -0.495. The molecule has 120 valence electrons. The number of ether oxygens (including phenoxy) is 1. The molecule has 1 saturated carbocycles. The lowest BCUT2D eigenvalue weighted by Crippen LogP contribution is -2.51. The molecule has 0 heterocycles. The highest BCUT2D eigenvalue weighted by atomic mass is 16.5. The van der Waals surface area contributed by atoms with Gasteiger partial charge >= 0.3 is 5.97 Å². The smallest absolute Gasteiger partial charge is 0.312 e. The van der Waals surface area contributed by atoms with Gasteiger partial charge in [-0.1, -0.05) is 30.7 Å². The van der Waals surface area contributed by atoms with Crippen molar-refractivity contribution in [2.24, 2.45) is 16.0 Å². The number of amides is 1. The molecule has 22 heavy (non-hydrogen) atoms. The fourth-order valence-corrected chi connectivity index (χ4v) is 3.21. The van der Waals surface area contributed by atoms with E-state index in [1.165, 1.54) is 0 Å². The summed E-state index contributed by atoms with van der Waals surface area (Å²) in [6.07, 6.45) is 9.81. The van der Waals surface area contributed by atoms with Crippen molar-refractivity contribution in [3.05, 3.63) is 23.9 Å². The van der Waals surface area contributed by atoms with Crippen molar-refractivity contribution >= 4 is 18.1 Å². The lowest BCUT2D eigenvalue weighted by atomic mass is 9.51. The van der Waals surface area contributed by atoms with Crippen LogP contribution in [0.3, 0.4) is 0 Å². The van der Waals surface area contributed by atoms with Crippen LogP contribution in [0.2, 0.25) is 0 Å². The van der Waals surface area contributed by atoms with Gasteiger partial charge in [-0.25, -0.2) is 0 Å². The second kappa shape index (κ2) is 6.34. The first-order valence-corrected chi connectivity index (χ1v) is 7.52. The molecule has 0 aromatic carbocycles. The van der Waals surface area contributed by atoms with Gasteiger partial charge < -0.3 is 15.3 Å². The van der Waals surface area contributed by atoms with E-state index in [0.29, 0.717) is 18.7 Å². The Morgan fingerprint density at radius 2 is 2.23 bits per heavy atom. The van der Waals surface area contributed by atoms with E-state index in [0.717, 1.165) is 25.5 Å². The SMILES string of the molecule is CCOC(=O)C1(C2(C)C=CC(NC(=O)/C=N/O)=CC2)CCC1. The molecule has 0 saturated heterocycles. The lowest BCUT2D eigenvalue weighted by molar-refractivity contribution is -0.170. The number of hydrogen-bond acceptors (Lipinski definition) is 5. The van der Waals surface area contributed by atoms with Crippen LogP contribution in [-0.4, -0.2) is 29.9 Å². The molecule has 0 aromatic heterocycles. The summed E-state index contributed by atoms with van der Waals surface area (Å²) in [5.41, 5.74) is -0.129. The number of hydrogen-bond donors (Lipinski definition) is 2. The van der Waals surface area contributed by atoms with Crippen molar-refractivity contribution in [3.8, 4) is 0 Å². The maximum absolute atomic E-state index is 12.4. The third-order valence-corrected chi connectivity index (χ3v) is 4.79. The molecule has 0 bridgehead atoms. The van der Waals surface area contributed by atoms with Gasteiger partial charge in [0, 0.05) is 11.1 Å². The Kier molecular flexibility index (Phi) is 4.68. The van der Waals surface area contributed by atoms with Gasteiger partial charge in [0.05, 0.1) is 12.0 Å². The maximum Gasteiger partial charge on any atom is 0.312 e. The minimum Gasteiger partial charge on any atom is -0.466 e. The normalized spacial score (nSPS) is 26.2. The predicted octanol–water partition coefficient (Wildman–Crippen LogP) is 2.15. The summed E-state index contributed by atoms with van der Waals surface area (Å²) in [6.45, 7) is 4.27. The van der Waals surface area contributed by atoms with Crippen molar-refractivity contribution in [2.75, 3.05) is 6.61 Å². The fourth-order valence-electron chi connectivity index (χ4n) is 3.21. The first-order chi connectivity index (χ1) is 10.5. The molecular formula is C16H22N2O4. The van der Waals surface area contributed by atoms with Crippen LogP contribution in [0.4, 0.5) is 0 Å². The Bertz CT molecular complexity index is 546. The maximum atomic E-state index is 12.4. The second-order valence-electron chi connectivity index (χ2n) is 6.00. The van der Waals surface area contributed by atoms with E-state index in [-0.39, 0.29) is 11.4 Å². The zero-order valence-electron chi connectivity index (χ0n) is 13.0. The molecule has 1 unspecified atom stereocenters. The Hall–Kier alpha value is -2.11. The molecule has 0 aliphatic heterocycles. The van der Waals surface area contributed by atoms with E-state index in [1.54, 1.807) is 6.08 Å². The third kappa shape index (κ3) is 2.77. The standard InChI is InChI=1S/C16H22N2O4/c1-3-22-14(20)16(7-4-8-16)15(2)9-5-12(6-10-15)18-13(19)11-17-21/h5-6,9,11,21H,3-4,7-8,10H2,1-2H3,(H,18,19)/b17-11+. The summed E-state index contributed by atoms with van der Waals surface area (Å²) in [7, 11) is 0. The van der Waals surface area contributed by atoms with Crippen molar-refractivity contribution in [1.82, 2.24) is 5.32 Å². The number of rotatable bonds is 5. The van der Waals surface area contributed by atoms with Crippen LogP contribution in [0.25, 0.3) is 0 Å². The quantitative estimate of drug-likeness (QED) is 0.352. The predicted molar refractivity (Wildman–Crippen MR) is 81.3 cm³/mol. The summed E-state index contributed by atoms with van der Waals surface area (Å²) in [5.74, 6) is -0.618. The Morgan fingerprint density at radius 1 is 1.50 bits per heavy atom. The molecule has 0 aromatic rings. The number of oxime groups is 1. The fraction of sp³-hybridized carbons (Fsp3) is 0.562. The third-order valence-electron chi connectivity index (χ3n) is 4.79. The molecule has 1 amide bonds. The van der Waals surface area contributed by atoms with E-state index in [4.69, 9.17) is 9.94 Å². The van der Waals surface area contributed by atoms with Crippen molar-refractivity contribution < 1.29 is 19.5 Å². The van der Waals surface area contributed by atoms with Crippen LogP contribution in [0, 0.1) is 10.8 Å². The number of carbonyl (C=O) groups is 2. The van der Waals surface area contributed by atoms with Crippen molar-refractivity contribution in [1.29, 1.82) is 0 Å². The topological polar surface area (TPSA) is 88.0 Å². The highest BCUT2D eigenvalue weighted by Gasteiger charge is 2.57. The van der Waals surface area contributed by atoms with Gasteiger partial charge in [-0.05, 0) is 32.3 Å². The van der Waals surface area contributed by atoms with Crippen LogP contribution >= 0.6 is 0 Å². The van der Waals surface area contributed by atoms with E-state index in [1.807, 2.05) is 19.1 Å². The van der Waals surface area contributed by atoms with Gasteiger partial charge in [-0.2, -0.15) is 0 Å². The zero-order chi connectivity index (χ0) is 16.2. The van der Waals surface area contributed by atoms with E-state index < -0.39 is 11.3 Å². The average Bonchev–Trinajstić information content (AvgIpc) is 2.41. The first-order valence-electron chi connectivity index (χ1n) is 7.52. The average molecular weight is 306 g/mol. The molecule has 2 aliphatic rings. The van der Waals surface area contributed by atoms with Crippen LogP contribution < -0.4 is 5.32 Å². The summed E-state index contributed by atoms with van der Waals surface area (Å²) in [4.78, 5) is 23.8. The summed E-state index contributed by atoms with van der Waals surface area (Å²) >= 11 is 0. The van der Waals surface area contributed by atoms with Crippen LogP contribution in [0.1, 0.15) is 39.5 Å². The summed E-state index contributed by atoms with van der Waals surface area (Å²) < 4.78 is 5.28. The molecule has 1 fully saturated rings. The van der Waals surface area contributed by atoms with Gasteiger partial charge in [0.1, 0.15) is 6.21 Å². The van der Waals surface area contributed by atoms with Crippen molar-refractivity contribution in [3.63, 3.8) is 0 Å². The molecular weight excluding hydrogens is 284 g/mol. The molecule has 2 aliphatic carbocycles. The van der Waals surface area contributed by atoms with Gasteiger partial charge in [0.15, 0.2) is 0 Å². The van der Waals surface area contributed by atoms with E-state index in [2.05, 4.69) is 17.4 Å². The first kappa shape index (κ1) is 16.3. The number of allylic oxidation sites excluding steroid dienone is 3. The van der Waals surface area contributed by atoms with E-state index in [9.17, 15) is 9.59 Å². The number of nitrogens with zero attached hydrogens (tertiary/aromatic N) is 1. The highest BCUT2D eigenvalue weighted by molar-refractivity contribution is 6.26. The lowest BCUT2D eigenvalue weighted by Gasteiger charge is -2.51. The van der Waals surface area contributed by atoms with Crippen molar-refractivity contribution in [2.45, 2.75) is 39.5 Å². The summed E-state index contributed by atoms with van der Waals surface area (Å²) in [5, 5.41) is 13.6. The van der Waals surface area contributed by atoms with E-state index >= 15 is 0 Å². The molecule has 6 heteroatoms. The number of nitrogens with one attached hydrogen (secondary N) is 1. The second-order valence-corrected chi connectivity index (χ2v) is 6.00. The van der Waals surface area contributed by atoms with Crippen LogP contribution in [0.5, 0.6) is 0 Å². The van der Waals surface area contributed by atoms with Gasteiger partial charge in [0.2, 0.25) is 0 Å². The summed E-state index contributed by atoms with van der Waals surface area (Å²) in [6, 6.07) is 0. The number of esters is 1. The molecule has 2 rings (SSSR count). The molecule has 1 atom stereocenters. The molecule has 2 N–H and O–H groups in total. The zero-order valence-corrected chi connectivity index (χ0v) is 13.0. The molecule has 0 radical (unpaired) electrons. The monoisotopic (exact) mass is 306 g/mol. The van der Waals surface area contributed by atoms with Gasteiger partial charge in [0.25, 0.3) is 5.91 Å². The Labute approximate surface area is 129 Å². The van der Waals surface area contributed by atoms with Crippen LogP contribution in [-0.2, 0) is 14.3 Å². The van der Waals surface area contributed by atoms with Crippen LogP contribution in [0.15, 0.2) is 29.1 Å². The number of carbonyl (C=O) groups excluding carboxylic acids is 2. The minimum absolute atomic E-state index is 0.123. The Balaban J connectivity index is 2.11.